The maximum Gasteiger partial charge on any atom is 0.115 e. The first-order chi connectivity index (χ1) is 17.6. The summed E-state index contributed by atoms with van der Waals surface area (Å²) in [7, 11) is 0. The Morgan fingerprint density at radius 2 is 1.03 bits per heavy atom. The predicted molar refractivity (Wildman–Crippen MR) is 152 cm³/mol. The molecule has 0 radical (unpaired) electrons. The largest absolute Gasteiger partial charge is 0.508 e. The predicted octanol–water partition coefficient (Wildman–Crippen LogP) is 9.91. The van der Waals surface area contributed by atoms with Gasteiger partial charge < -0.3 is 10.2 Å². The topological polar surface area (TPSA) is 40.5 Å². The Morgan fingerprint density at radius 3 is 1.53 bits per heavy atom. The van der Waals surface area contributed by atoms with Crippen molar-refractivity contribution in [3.63, 3.8) is 0 Å². The lowest BCUT2D eigenvalue weighted by Gasteiger charge is -2.44. The minimum atomic E-state index is -0.00829. The second kappa shape index (κ2) is 13.5. The lowest BCUT2D eigenvalue weighted by molar-refractivity contribution is 0.140. The lowest BCUT2D eigenvalue weighted by atomic mass is 9.60. The van der Waals surface area contributed by atoms with Crippen molar-refractivity contribution in [2.45, 2.75) is 121 Å². The van der Waals surface area contributed by atoms with Gasteiger partial charge in [-0.15, -0.1) is 0 Å². The summed E-state index contributed by atoms with van der Waals surface area (Å²) in [5.41, 5.74) is 2.60. The highest BCUT2D eigenvalue weighted by Crippen LogP contribution is 2.50. The van der Waals surface area contributed by atoms with Gasteiger partial charge in [0.15, 0.2) is 0 Å². The molecule has 0 bridgehead atoms. The molecule has 36 heavy (non-hydrogen) atoms. The van der Waals surface area contributed by atoms with Crippen molar-refractivity contribution < 1.29 is 10.2 Å². The van der Waals surface area contributed by atoms with E-state index < -0.39 is 0 Å². The van der Waals surface area contributed by atoms with Gasteiger partial charge in [0.05, 0.1) is 0 Å². The fourth-order valence-electron chi connectivity index (χ4n) is 7.42. The van der Waals surface area contributed by atoms with Crippen LogP contribution in [0.25, 0.3) is 0 Å². The lowest BCUT2D eigenvalue weighted by Crippen LogP contribution is -2.35. The molecule has 2 N–H and O–H groups in total. The SMILES string of the molecule is CCCCCCCCCCC1CCC(C2CCC(c3ccc(O)cc3)(c3ccc(O)cc3)CC2)CC1. The molecule has 4 rings (SSSR count). The molecule has 2 aliphatic rings. The van der Waals surface area contributed by atoms with Crippen LogP contribution in [-0.2, 0) is 5.41 Å². The van der Waals surface area contributed by atoms with Crippen molar-refractivity contribution >= 4 is 0 Å². The third-order valence-electron chi connectivity index (χ3n) is 9.75. The number of aromatic hydroxyl groups is 2. The van der Waals surface area contributed by atoms with Crippen LogP contribution in [-0.4, -0.2) is 10.2 Å². The van der Waals surface area contributed by atoms with E-state index in [1.165, 1.54) is 107 Å². The summed E-state index contributed by atoms with van der Waals surface area (Å²) in [6, 6.07) is 15.8. The number of rotatable bonds is 12. The van der Waals surface area contributed by atoms with E-state index in [4.69, 9.17) is 0 Å². The molecule has 2 heteroatoms. The molecule has 2 aromatic carbocycles. The minimum Gasteiger partial charge on any atom is -0.508 e. The van der Waals surface area contributed by atoms with Gasteiger partial charge >= 0.3 is 0 Å². The van der Waals surface area contributed by atoms with Gasteiger partial charge in [-0.25, -0.2) is 0 Å². The number of hydrogen-bond acceptors (Lipinski definition) is 2. The summed E-state index contributed by atoms with van der Waals surface area (Å²) >= 11 is 0. The smallest absolute Gasteiger partial charge is 0.115 e. The normalized spacial score (nSPS) is 22.5. The number of benzene rings is 2. The highest BCUT2D eigenvalue weighted by atomic mass is 16.3. The summed E-state index contributed by atoms with van der Waals surface area (Å²) in [5, 5.41) is 19.7. The van der Waals surface area contributed by atoms with Gasteiger partial charge in [-0.2, -0.15) is 0 Å². The highest BCUT2D eigenvalue weighted by molar-refractivity contribution is 5.43. The van der Waals surface area contributed by atoms with Gasteiger partial charge in [0.1, 0.15) is 11.5 Å². The van der Waals surface area contributed by atoms with Gasteiger partial charge in [0.25, 0.3) is 0 Å². The van der Waals surface area contributed by atoms with Crippen LogP contribution in [0.15, 0.2) is 48.5 Å². The van der Waals surface area contributed by atoms with E-state index in [2.05, 4.69) is 31.2 Å². The Morgan fingerprint density at radius 1 is 0.583 bits per heavy atom. The van der Waals surface area contributed by atoms with Crippen LogP contribution in [0.3, 0.4) is 0 Å². The molecule has 0 atom stereocenters. The molecule has 0 saturated heterocycles. The molecule has 0 aliphatic heterocycles. The van der Waals surface area contributed by atoms with Gasteiger partial charge in [0.2, 0.25) is 0 Å². The molecule has 2 nitrogen and oxygen atoms in total. The fraction of sp³-hybridized carbons (Fsp3) is 0.647. The molecule has 0 heterocycles. The van der Waals surface area contributed by atoms with Crippen LogP contribution in [0, 0.1) is 17.8 Å². The van der Waals surface area contributed by atoms with Crippen molar-refractivity contribution in [3.05, 3.63) is 59.7 Å². The molecule has 198 valence electrons. The quantitative estimate of drug-likeness (QED) is 0.291. The first-order valence-corrected chi connectivity index (χ1v) is 15.2. The summed E-state index contributed by atoms with van der Waals surface area (Å²) < 4.78 is 0. The Labute approximate surface area is 220 Å². The van der Waals surface area contributed by atoms with E-state index >= 15 is 0 Å². The van der Waals surface area contributed by atoms with Crippen molar-refractivity contribution in [3.8, 4) is 11.5 Å². The fourth-order valence-corrected chi connectivity index (χ4v) is 7.42. The average Bonchev–Trinajstić information content (AvgIpc) is 2.91. The van der Waals surface area contributed by atoms with Gasteiger partial charge in [-0.1, -0.05) is 102 Å². The third kappa shape index (κ3) is 7.08. The third-order valence-corrected chi connectivity index (χ3v) is 9.75. The maximum absolute atomic E-state index is 9.87. The van der Waals surface area contributed by atoms with Crippen LogP contribution in [0.1, 0.15) is 127 Å². The zero-order chi connectivity index (χ0) is 25.2. The van der Waals surface area contributed by atoms with Crippen molar-refractivity contribution in [1.82, 2.24) is 0 Å². The van der Waals surface area contributed by atoms with E-state index in [1.807, 2.05) is 24.3 Å². The molecule has 0 unspecified atom stereocenters. The van der Waals surface area contributed by atoms with E-state index in [0.29, 0.717) is 11.5 Å². The molecule has 2 fully saturated rings. The maximum atomic E-state index is 9.87. The Balaban J connectivity index is 1.25. The van der Waals surface area contributed by atoms with Gasteiger partial charge in [-0.3, -0.25) is 0 Å². The van der Waals surface area contributed by atoms with E-state index in [0.717, 1.165) is 30.6 Å². The van der Waals surface area contributed by atoms with Crippen molar-refractivity contribution in [2.24, 2.45) is 17.8 Å². The standard InChI is InChI=1S/C34H50O2/c1-2-3-4-5-6-7-8-9-10-27-11-13-28(14-12-27)29-23-25-34(26-24-29,30-15-19-32(35)20-16-30)31-17-21-33(36)22-18-31/h15-22,27-29,35-36H,2-14,23-26H2,1H3. The molecular formula is C34H50O2. The van der Waals surface area contributed by atoms with Crippen LogP contribution in [0.2, 0.25) is 0 Å². The zero-order valence-corrected chi connectivity index (χ0v) is 22.8. The van der Waals surface area contributed by atoms with Crippen LogP contribution >= 0.6 is 0 Å². The van der Waals surface area contributed by atoms with E-state index in [1.54, 1.807) is 0 Å². The zero-order valence-electron chi connectivity index (χ0n) is 22.8. The number of unbranched alkanes of at least 4 members (excludes halogenated alkanes) is 7. The molecule has 2 aliphatic carbocycles. The summed E-state index contributed by atoms with van der Waals surface area (Å²) in [5.74, 6) is 3.42. The molecule has 0 amide bonds. The highest BCUT2D eigenvalue weighted by Gasteiger charge is 2.40. The molecule has 2 aromatic rings. The van der Waals surface area contributed by atoms with E-state index in [9.17, 15) is 10.2 Å². The van der Waals surface area contributed by atoms with Crippen molar-refractivity contribution in [2.75, 3.05) is 0 Å². The molecule has 2 saturated carbocycles. The molecule has 0 spiro atoms. The Bertz CT molecular complexity index is 821. The van der Waals surface area contributed by atoms with Crippen molar-refractivity contribution in [1.29, 1.82) is 0 Å². The monoisotopic (exact) mass is 490 g/mol. The van der Waals surface area contributed by atoms with E-state index in [-0.39, 0.29) is 5.41 Å². The van der Waals surface area contributed by atoms with Crippen LogP contribution < -0.4 is 0 Å². The van der Waals surface area contributed by atoms with Gasteiger partial charge in [-0.05, 0) is 91.7 Å². The van der Waals surface area contributed by atoms with Crippen LogP contribution in [0.4, 0.5) is 0 Å². The molecule has 0 aromatic heterocycles. The number of phenolic OH excluding ortho intramolecular Hbond substituents is 2. The first kappa shape index (κ1) is 27.1. The number of phenols is 2. The summed E-state index contributed by atoms with van der Waals surface area (Å²) in [6.45, 7) is 2.30. The Kier molecular flexibility index (Phi) is 10.2. The summed E-state index contributed by atoms with van der Waals surface area (Å²) in [6.07, 6.45) is 23.6. The van der Waals surface area contributed by atoms with Gasteiger partial charge in [0, 0.05) is 5.41 Å². The number of hydrogen-bond donors (Lipinski definition) is 2. The second-order valence-electron chi connectivity index (χ2n) is 12.1. The van der Waals surface area contributed by atoms with Crippen LogP contribution in [0.5, 0.6) is 11.5 Å². The average molecular weight is 491 g/mol. The second-order valence-corrected chi connectivity index (χ2v) is 12.1. The summed E-state index contributed by atoms with van der Waals surface area (Å²) in [4.78, 5) is 0. The minimum absolute atomic E-state index is 0.00829. The Hall–Kier alpha value is -1.96. The first-order valence-electron chi connectivity index (χ1n) is 15.2. The molecular weight excluding hydrogens is 440 g/mol.